The summed E-state index contributed by atoms with van der Waals surface area (Å²) < 4.78 is 7.28. The van der Waals surface area contributed by atoms with E-state index in [0.29, 0.717) is 33.7 Å². The number of nitriles is 1. The van der Waals surface area contributed by atoms with Crippen LogP contribution in [0.15, 0.2) is 29.1 Å². The molecule has 2 aromatic rings. The van der Waals surface area contributed by atoms with Gasteiger partial charge in [0.1, 0.15) is 20.9 Å². The number of hydrogen-bond donors (Lipinski definition) is 3. The number of anilines is 2. The van der Waals surface area contributed by atoms with Crippen molar-refractivity contribution in [2.75, 3.05) is 17.2 Å². The zero-order valence-corrected chi connectivity index (χ0v) is 19.6. The minimum atomic E-state index is -0.614. The maximum atomic E-state index is 12.8. The Labute approximate surface area is 190 Å². The highest BCUT2D eigenvalue weighted by molar-refractivity contribution is 7.07. The number of benzene rings is 1. The molecule has 3 N–H and O–H groups in total. The number of carbonyl (C=O) groups excluding carboxylic acids is 2. The molecule has 0 atom stereocenters. The Morgan fingerprint density at radius 2 is 1.94 bits per heavy atom. The monoisotopic (exact) mass is 457 g/mol. The van der Waals surface area contributed by atoms with Crippen LogP contribution in [0, 0.1) is 11.3 Å². The number of hydrogen-bond acceptors (Lipinski definition) is 7. The van der Waals surface area contributed by atoms with Crippen molar-refractivity contribution in [1.29, 1.82) is 5.26 Å². The van der Waals surface area contributed by atoms with E-state index in [2.05, 4.69) is 16.0 Å². The van der Waals surface area contributed by atoms with Crippen molar-refractivity contribution >= 4 is 46.5 Å². The van der Waals surface area contributed by atoms with Crippen LogP contribution >= 0.6 is 11.3 Å². The van der Waals surface area contributed by atoms with Crippen LogP contribution in [0.3, 0.4) is 0 Å². The molecule has 0 saturated heterocycles. The Morgan fingerprint density at radius 3 is 2.53 bits per heavy atom. The fourth-order valence-electron chi connectivity index (χ4n) is 2.69. The molecule has 0 aliphatic rings. The molecule has 0 unspecified atom stereocenters. The third-order valence-corrected chi connectivity index (χ3v) is 5.12. The molecular formula is C22H27N5O4S. The molecule has 2 amide bonds. The molecule has 0 aliphatic carbocycles. The van der Waals surface area contributed by atoms with Crippen molar-refractivity contribution in [2.24, 2.45) is 0 Å². The van der Waals surface area contributed by atoms with Crippen molar-refractivity contribution in [3.63, 3.8) is 0 Å². The van der Waals surface area contributed by atoms with Gasteiger partial charge in [0.15, 0.2) is 5.57 Å². The summed E-state index contributed by atoms with van der Waals surface area (Å²) in [7, 11) is 0. The normalized spacial score (nSPS) is 12.6. The van der Waals surface area contributed by atoms with Crippen LogP contribution in [0.2, 0.25) is 0 Å². The molecule has 0 radical (unpaired) electrons. The summed E-state index contributed by atoms with van der Waals surface area (Å²) in [5.41, 5.74) is 0.131. The summed E-state index contributed by atoms with van der Waals surface area (Å²) in [6, 6.07) is 8.81. The predicted octanol–water partition coefficient (Wildman–Crippen LogP) is 1.94. The van der Waals surface area contributed by atoms with Crippen molar-refractivity contribution < 1.29 is 14.3 Å². The van der Waals surface area contributed by atoms with E-state index in [1.54, 1.807) is 58.9 Å². The van der Waals surface area contributed by atoms with E-state index in [1.165, 1.54) is 10.8 Å². The lowest BCUT2D eigenvalue weighted by molar-refractivity contribution is -0.115. The average Bonchev–Trinajstić information content (AvgIpc) is 3.01. The number of thiazole rings is 1. The Hall–Kier alpha value is -3.58. The lowest BCUT2D eigenvalue weighted by Crippen LogP contribution is -2.34. The van der Waals surface area contributed by atoms with E-state index >= 15 is 0 Å². The lowest BCUT2D eigenvalue weighted by atomic mass is 10.2. The summed E-state index contributed by atoms with van der Waals surface area (Å²) in [4.78, 5) is 36.9. The first kappa shape index (κ1) is 24.7. The summed E-state index contributed by atoms with van der Waals surface area (Å²) in [6.07, 6.45) is 0.944. The Balaban J connectivity index is 2.37. The third kappa shape index (κ3) is 6.46. The van der Waals surface area contributed by atoms with Gasteiger partial charge in [0.2, 0.25) is 0 Å². The van der Waals surface area contributed by atoms with Crippen LogP contribution in [-0.4, -0.2) is 28.7 Å². The van der Waals surface area contributed by atoms with Crippen molar-refractivity contribution in [1.82, 2.24) is 9.88 Å². The lowest BCUT2D eigenvalue weighted by Gasteiger charge is -2.19. The van der Waals surface area contributed by atoms with Gasteiger partial charge in [0.25, 0.3) is 11.5 Å². The van der Waals surface area contributed by atoms with Crippen LogP contribution in [0.5, 0.6) is 0 Å². The molecule has 1 heterocycles. The number of ether oxygens (including phenoxy) is 1. The van der Waals surface area contributed by atoms with Gasteiger partial charge >= 0.3 is 6.09 Å². The summed E-state index contributed by atoms with van der Waals surface area (Å²) in [6.45, 7) is 9.55. The standard InChI is InChI=1S/C22H27N5O4S/c1-6-24-18(28)16(12-23)20-27(7-2)19(29)17(32-20)13-25-14-9-8-10-15(11-14)26-21(30)31-22(3,4)5/h8-11,13,25H,6-7H2,1-5H3,(H,24,28)(H,26,30). The first-order valence-corrected chi connectivity index (χ1v) is 10.9. The molecule has 1 aromatic heterocycles. The molecule has 0 bridgehead atoms. The SMILES string of the molecule is CCNC(=O)C(C#N)=c1sc(=CNc2cccc(NC(=O)OC(C)(C)C)c2)c(=O)n1CC. The highest BCUT2D eigenvalue weighted by atomic mass is 32.1. The Morgan fingerprint density at radius 1 is 1.25 bits per heavy atom. The molecule has 32 heavy (non-hydrogen) atoms. The number of aromatic nitrogens is 1. The van der Waals surface area contributed by atoms with Crippen molar-refractivity contribution in [3.8, 4) is 6.07 Å². The van der Waals surface area contributed by atoms with E-state index in [4.69, 9.17) is 4.74 Å². The van der Waals surface area contributed by atoms with Gasteiger partial charge in [-0.15, -0.1) is 11.3 Å². The molecule has 1 aromatic carbocycles. The number of rotatable bonds is 6. The molecule has 9 nitrogen and oxygen atoms in total. The second-order valence-corrected chi connectivity index (χ2v) is 8.69. The fraction of sp³-hybridized carbons (Fsp3) is 0.364. The van der Waals surface area contributed by atoms with Crippen LogP contribution < -0.4 is 30.7 Å². The maximum Gasteiger partial charge on any atom is 0.412 e. The topological polar surface area (TPSA) is 125 Å². The van der Waals surface area contributed by atoms with Crippen molar-refractivity contribution in [3.05, 3.63) is 43.8 Å². The smallest absolute Gasteiger partial charge is 0.412 e. The average molecular weight is 458 g/mol. The van der Waals surface area contributed by atoms with E-state index in [1.807, 2.05) is 6.07 Å². The van der Waals surface area contributed by atoms with Gasteiger partial charge in [-0.05, 0) is 52.8 Å². The van der Waals surface area contributed by atoms with E-state index < -0.39 is 17.6 Å². The quantitative estimate of drug-likeness (QED) is 0.609. The predicted molar refractivity (Wildman–Crippen MR) is 126 cm³/mol. The van der Waals surface area contributed by atoms with Gasteiger partial charge in [-0.25, -0.2) is 4.79 Å². The van der Waals surface area contributed by atoms with E-state index in [-0.39, 0.29) is 11.1 Å². The zero-order valence-electron chi connectivity index (χ0n) is 18.7. The highest BCUT2D eigenvalue weighted by Gasteiger charge is 2.16. The maximum absolute atomic E-state index is 12.8. The van der Waals surface area contributed by atoms with Gasteiger partial charge in [0.05, 0.1) is 0 Å². The summed E-state index contributed by atoms with van der Waals surface area (Å²) >= 11 is 1.06. The highest BCUT2D eigenvalue weighted by Crippen LogP contribution is 2.16. The van der Waals surface area contributed by atoms with Crippen LogP contribution in [-0.2, 0) is 16.1 Å². The number of carbonyl (C=O) groups is 2. The van der Waals surface area contributed by atoms with Crippen LogP contribution in [0.4, 0.5) is 16.2 Å². The molecule has 2 rings (SSSR count). The van der Waals surface area contributed by atoms with Crippen LogP contribution in [0.25, 0.3) is 11.8 Å². The molecule has 0 spiro atoms. The van der Waals surface area contributed by atoms with Gasteiger partial charge in [0, 0.05) is 30.7 Å². The molecule has 0 saturated carbocycles. The fourth-order valence-corrected chi connectivity index (χ4v) is 3.78. The summed E-state index contributed by atoms with van der Waals surface area (Å²) in [5.74, 6) is -0.515. The second-order valence-electron chi connectivity index (χ2n) is 7.66. The van der Waals surface area contributed by atoms with E-state index in [0.717, 1.165) is 11.3 Å². The van der Waals surface area contributed by atoms with Gasteiger partial charge in [-0.3, -0.25) is 19.5 Å². The minimum Gasteiger partial charge on any atom is -0.444 e. The Bertz CT molecular complexity index is 1210. The number of nitrogens with one attached hydrogen (secondary N) is 3. The van der Waals surface area contributed by atoms with Gasteiger partial charge in [-0.2, -0.15) is 5.26 Å². The second kappa shape index (κ2) is 10.6. The Kier molecular flexibility index (Phi) is 8.21. The minimum absolute atomic E-state index is 0.0981. The van der Waals surface area contributed by atoms with Gasteiger partial charge < -0.3 is 15.4 Å². The first-order valence-electron chi connectivity index (χ1n) is 10.1. The van der Waals surface area contributed by atoms with Crippen LogP contribution in [0.1, 0.15) is 34.6 Å². The number of amides is 2. The molecule has 0 fully saturated rings. The van der Waals surface area contributed by atoms with Crippen molar-refractivity contribution in [2.45, 2.75) is 46.8 Å². The molecule has 170 valence electrons. The van der Waals surface area contributed by atoms with E-state index in [9.17, 15) is 19.6 Å². The summed E-state index contributed by atoms with van der Waals surface area (Å²) in [5, 5.41) is 17.7. The number of nitrogens with zero attached hydrogens (tertiary/aromatic N) is 2. The van der Waals surface area contributed by atoms with Gasteiger partial charge in [-0.1, -0.05) is 6.07 Å². The largest absolute Gasteiger partial charge is 0.444 e. The molecule has 0 aliphatic heterocycles. The zero-order chi connectivity index (χ0) is 23.9. The first-order chi connectivity index (χ1) is 15.1. The third-order valence-electron chi connectivity index (χ3n) is 3.99. The molecule has 10 heteroatoms. The molecular weight excluding hydrogens is 430 g/mol.